The van der Waals surface area contributed by atoms with Crippen LogP contribution in [-0.4, -0.2) is 6.04 Å². The number of halogens is 1. The number of nitrogens with one attached hydrogen (secondary N) is 1. The zero-order chi connectivity index (χ0) is 13.0. The summed E-state index contributed by atoms with van der Waals surface area (Å²) in [7, 11) is 0. The summed E-state index contributed by atoms with van der Waals surface area (Å²) in [6, 6.07) is 9.88. The predicted molar refractivity (Wildman–Crippen MR) is 75.6 cm³/mol. The third-order valence-corrected chi connectivity index (χ3v) is 3.97. The van der Waals surface area contributed by atoms with Crippen LogP contribution in [0.2, 0.25) is 5.02 Å². The number of hydrogen-bond acceptors (Lipinski definition) is 2. The number of nitriles is 1. The van der Waals surface area contributed by atoms with Crippen LogP contribution in [-0.2, 0) is 0 Å². The van der Waals surface area contributed by atoms with Crippen LogP contribution in [0.5, 0.6) is 0 Å². The number of rotatable bonds is 3. The van der Waals surface area contributed by atoms with Gasteiger partial charge in [0.25, 0.3) is 0 Å². The Morgan fingerprint density at radius 3 is 2.94 bits per heavy atom. The average molecular weight is 263 g/mol. The highest BCUT2D eigenvalue weighted by atomic mass is 35.5. The van der Waals surface area contributed by atoms with E-state index in [0.29, 0.717) is 10.9 Å². The molecule has 1 fully saturated rings. The highest BCUT2D eigenvalue weighted by molar-refractivity contribution is 6.30. The number of hydrogen-bond donors (Lipinski definition) is 1. The second-order valence-electron chi connectivity index (χ2n) is 5.29. The molecule has 2 rings (SSSR count). The Balaban J connectivity index is 2.03. The molecule has 3 unspecified atom stereocenters. The zero-order valence-corrected chi connectivity index (χ0v) is 11.5. The molecule has 1 N–H and O–H groups in total. The lowest BCUT2D eigenvalue weighted by Gasteiger charge is -2.30. The molecule has 0 bridgehead atoms. The zero-order valence-electron chi connectivity index (χ0n) is 10.7. The Morgan fingerprint density at radius 2 is 2.28 bits per heavy atom. The summed E-state index contributed by atoms with van der Waals surface area (Å²) in [6.45, 7) is 2.28. The van der Waals surface area contributed by atoms with Gasteiger partial charge in [0.2, 0.25) is 0 Å². The fraction of sp³-hybridized carbons (Fsp3) is 0.533. The molecule has 0 aliphatic heterocycles. The minimum Gasteiger partial charge on any atom is -0.370 e. The van der Waals surface area contributed by atoms with Crippen molar-refractivity contribution in [1.82, 2.24) is 0 Å². The summed E-state index contributed by atoms with van der Waals surface area (Å²) in [5, 5.41) is 13.4. The molecule has 96 valence electrons. The van der Waals surface area contributed by atoms with Crippen LogP contribution in [0.1, 0.15) is 32.6 Å². The lowest BCUT2D eigenvalue weighted by molar-refractivity contribution is 0.274. The Kier molecular flexibility index (Phi) is 4.49. The van der Waals surface area contributed by atoms with E-state index in [1.165, 1.54) is 12.8 Å². The van der Waals surface area contributed by atoms with Gasteiger partial charge < -0.3 is 5.32 Å². The van der Waals surface area contributed by atoms with Crippen LogP contribution in [0.3, 0.4) is 0 Å². The molecule has 0 radical (unpaired) electrons. The standard InChI is InChI=1S/C15H19ClN2/c1-11-4-2-5-12(8-11)15(10-17)18-14-7-3-6-13(16)9-14/h3,6-7,9,11-12,15,18H,2,4-5,8H2,1H3. The summed E-state index contributed by atoms with van der Waals surface area (Å²) in [5.41, 5.74) is 0.937. The number of nitrogens with zero attached hydrogens (tertiary/aromatic N) is 1. The summed E-state index contributed by atoms with van der Waals surface area (Å²) in [4.78, 5) is 0. The maximum atomic E-state index is 9.35. The van der Waals surface area contributed by atoms with Gasteiger partial charge in [-0.25, -0.2) is 0 Å². The highest BCUT2D eigenvalue weighted by Crippen LogP contribution is 2.32. The largest absolute Gasteiger partial charge is 0.370 e. The lowest BCUT2D eigenvalue weighted by Crippen LogP contribution is -2.31. The van der Waals surface area contributed by atoms with E-state index < -0.39 is 0 Å². The molecule has 18 heavy (non-hydrogen) atoms. The van der Waals surface area contributed by atoms with Crippen molar-refractivity contribution in [3.8, 4) is 6.07 Å². The monoisotopic (exact) mass is 262 g/mol. The first-order chi connectivity index (χ1) is 8.69. The second kappa shape index (κ2) is 6.11. The van der Waals surface area contributed by atoms with Crippen molar-refractivity contribution >= 4 is 17.3 Å². The van der Waals surface area contributed by atoms with Gasteiger partial charge >= 0.3 is 0 Å². The molecular weight excluding hydrogens is 244 g/mol. The lowest BCUT2D eigenvalue weighted by atomic mass is 9.79. The van der Waals surface area contributed by atoms with Crippen molar-refractivity contribution in [2.24, 2.45) is 11.8 Å². The smallest absolute Gasteiger partial charge is 0.117 e. The molecule has 0 saturated heterocycles. The van der Waals surface area contributed by atoms with Gasteiger partial charge in [0, 0.05) is 10.7 Å². The Labute approximate surface area is 114 Å². The Morgan fingerprint density at radius 1 is 1.44 bits per heavy atom. The van der Waals surface area contributed by atoms with Gasteiger partial charge in [-0.3, -0.25) is 0 Å². The van der Waals surface area contributed by atoms with Gasteiger partial charge in [-0.1, -0.05) is 37.4 Å². The van der Waals surface area contributed by atoms with E-state index in [0.717, 1.165) is 24.4 Å². The van der Waals surface area contributed by atoms with Gasteiger partial charge in [0.05, 0.1) is 6.07 Å². The topological polar surface area (TPSA) is 35.8 Å². The molecule has 1 aromatic carbocycles. The minimum absolute atomic E-state index is 0.105. The SMILES string of the molecule is CC1CCCC(C(C#N)Nc2cccc(Cl)c2)C1. The van der Waals surface area contributed by atoms with Crippen molar-refractivity contribution in [3.63, 3.8) is 0 Å². The maximum absolute atomic E-state index is 9.35. The number of benzene rings is 1. The summed E-state index contributed by atoms with van der Waals surface area (Å²) in [6.07, 6.45) is 4.83. The van der Waals surface area contributed by atoms with Crippen molar-refractivity contribution in [2.75, 3.05) is 5.32 Å². The summed E-state index contributed by atoms with van der Waals surface area (Å²) < 4.78 is 0. The van der Waals surface area contributed by atoms with Crippen molar-refractivity contribution < 1.29 is 0 Å². The highest BCUT2D eigenvalue weighted by Gasteiger charge is 2.26. The maximum Gasteiger partial charge on any atom is 0.117 e. The molecule has 0 heterocycles. The molecular formula is C15H19ClN2. The van der Waals surface area contributed by atoms with Crippen LogP contribution in [0, 0.1) is 23.2 Å². The average Bonchev–Trinajstić information content (AvgIpc) is 2.36. The van der Waals surface area contributed by atoms with Crippen molar-refractivity contribution in [2.45, 2.75) is 38.6 Å². The fourth-order valence-electron chi connectivity index (χ4n) is 2.80. The molecule has 0 spiro atoms. The van der Waals surface area contributed by atoms with E-state index in [1.54, 1.807) is 0 Å². The second-order valence-corrected chi connectivity index (χ2v) is 5.73. The van der Waals surface area contributed by atoms with E-state index in [4.69, 9.17) is 11.6 Å². The molecule has 2 nitrogen and oxygen atoms in total. The van der Waals surface area contributed by atoms with Gasteiger partial charge in [-0.05, 0) is 42.9 Å². The Hall–Kier alpha value is -1.20. The van der Waals surface area contributed by atoms with E-state index in [1.807, 2.05) is 24.3 Å². The Bertz CT molecular complexity index is 438. The minimum atomic E-state index is -0.105. The molecule has 1 aromatic rings. The molecule has 1 aliphatic carbocycles. The van der Waals surface area contributed by atoms with Crippen LogP contribution < -0.4 is 5.32 Å². The first-order valence-corrected chi connectivity index (χ1v) is 6.98. The third-order valence-electron chi connectivity index (χ3n) is 3.73. The van der Waals surface area contributed by atoms with E-state index in [2.05, 4.69) is 18.3 Å². The predicted octanol–water partition coefficient (Wildman–Crippen LogP) is 4.47. The van der Waals surface area contributed by atoms with Crippen LogP contribution in [0.25, 0.3) is 0 Å². The first-order valence-electron chi connectivity index (χ1n) is 6.60. The summed E-state index contributed by atoms with van der Waals surface area (Å²) >= 11 is 5.96. The van der Waals surface area contributed by atoms with Gasteiger partial charge in [-0.15, -0.1) is 0 Å². The van der Waals surface area contributed by atoms with Crippen molar-refractivity contribution in [1.29, 1.82) is 5.26 Å². The van der Waals surface area contributed by atoms with Gasteiger partial charge in [0.1, 0.15) is 6.04 Å². The van der Waals surface area contributed by atoms with E-state index >= 15 is 0 Å². The van der Waals surface area contributed by atoms with Gasteiger partial charge in [0.15, 0.2) is 0 Å². The van der Waals surface area contributed by atoms with Crippen molar-refractivity contribution in [3.05, 3.63) is 29.3 Å². The molecule has 3 atom stereocenters. The quantitative estimate of drug-likeness (QED) is 0.872. The van der Waals surface area contributed by atoms with Crippen LogP contribution in [0.15, 0.2) is 24.3 Å². The molecule has 1 saturated carbocycles. The number of anilines is 1. The normalized spacial score (nSPS) is 25.2. The first kappa shape index (κ1) is 13.2. The fourth-order valence-corrected chi connectivity index (χ4v) is 2.99. The third kappa shape index (κ3) is 3.40. The summed E-state index contributed by atoms with van der Waals surface area (Å²) in [5.74, 6) is 1.19. The van der Waals surface area contributed by atoms with E-state index in [-0.39, 0.29) is 6.04 Å². The van der Waals surface area contributed by atoms with Crippen LogP contribution >= 0.6 is 11.6 Å². The molecule has 0 amide bonds. The molecule has 3 heteroatoms. The van der Waals surface area contributed by atoms with Gasteiger partial charge in [-0.2, -0.15) is 5.26 Å². The van der Waals surface area contributed by atoms with E-state index in [9.17, 15) is 5.26 Å². The van der Waals surface area contributed by atoms with Crippen LogP contribution in [0.4, 0.5) is 5.69 Å². The molecule has 0 aromatic heterocycles. The molecule has 1 aliphatic rings.